The van der Waals surface area contributed by atoms with Gasteiger partial charge in [0.25, 0.3) is 0 Å². The van der Waals surface area contributed by atoms with Crippen molar-refractivity contribution >= 4 is 5.84 Å². The van der Waals surface area contributed by atoms with Crippen LogP contribution in [0.25, 0.3) is 0 Å². The molecule has 12 heavy (non-hydrogen) atoms. The molecule has 1 aromatic rings. The third kappa shape index (κ3) is 1.83. The summed E-state index contributed by atoms with van der Waals surface area (Å²) >= 11 is 0. The van der Waals surface area contributed by atoms with Crippen LogP contribution in [0.1, 0.15) is 5.56 Å². The monoisotopic (exact) mass is 164 g/mol. The first kappa shape index (κ1) is 8.74. The normalized spacial score (nSPS) is 11.4. The molecule has 0 aliphatic rings. The van der Waals surface area contributed by atoms with Crippen molar-refractivity contribution in [2.45, 2.75) is 0 Å². The van der Waals surface area contributed by atoms with Crippen molar-refractivity contribution in [1.29, 1.82) is 0 Å². The van der Waals surface area contributed by atoms with Crippen molar-refractivity contribution in [3.63, 3.8) is 0 Å². The molecular formula is C9H12N2O. The Hall–Kier alpha value is -1.35. The fourth-order valence-corrected chi connectivity index (χ4v) is 1.05. The quantitative estimate of drug-likeness (QED) is 0.386. The molecule has 0 aliphatic heterocycles. The molecule has 1 aromatic carbocycles. The summed E-state index contributed by atoms with van der Waals surface area (Å²) in [4.78, 5) is 3.95. The van der Waals surface area contributed by atoms with Gasteiger partial charge in [-0.1, -0.05) is 30.3 Å². The van der Waals surface area contributed by atoms with Gasteiger partial charge in [-0.25, -0.2) is 5.06 Å². The molecule has 3 nitrogen and oxygen atoms in total. The molecular weight excluding hydrogens is 152 g/mol. The maximum Gasteiger partial charge on any atom is 0.154 e. The second kappa shape index (κ2) is 3.88. The molecule has 0 atom stereocenters. The van der Waals surface area contributed by atoms with Crippen LogP contribution in [0.4, 0.5) is 0 Å². The van der Waals surface area contributed by atoms with Crippen LogP contribution >= 0.6 is 0 Å². The van der Waals surface area contributed by atoms with Gasteiger partial charge in [0, 0.05) is 19.7 Å². The van der Waals surface area contributed by atoms with Crippen LogP contribution in [0.5, 0.6) is 0 Å². The van der Waals surface area contributed by atoms with E-state index in [-0.39, 0.29) is 0 Å². The lowest BCUT2D eigenvalue weighted by atomic mass is 10.2. The van der Waals surface area contributed by atoms with Crippen LogP contribution in [0, 0.1) is 0 Å². The minimum absolute atomic E-state index is 0.565. The third-order valence-electron chi connectivity index (χ3n) is 1.55. The summed E-state index contributed by atoms with van der Waals surface area (Å²) in [7, 11) is 3.20. The number of rotatable bonds is 1. The van der Waals surface area contributed by atoms with Gasteiger partial charge >= 0.3 is 0 Å². The lowest BCUT2D eigenvalue weighted by molar-refractivity contribution is 0.0142. The van der Waals surface area contributed by atoms with Crippen molar-refractivity contribution in [1.82, 2.24) is 5.06 Å². The summed E-state index contributed by atoms with van der Waals surface area (Å²) in [6.07, 6.45) is 0. The largest absolute Gasteiger partial charge is 0.287 e. The Balaban J connectivity index is 2.97. The van der Waals surface area contributed by atoms with E-state index in [1.165, 1.54) is 0 Å². The van der Waals surface area contributed by atoms with Crippen molar-refractivity contribution in [2.24, 2.45) is 4.99 Å². The fraction of sp³-hybridized carbons (Fsp3) is 0.222. The molecule has 0 radical (unpaired) electrons. The molecule has 0 saturated heterocycles. The molecule has 0 heterocycles. The van der Waals surface area contributed by atoms with E-state index < -0.39 is 0 Å². The molecule has 0 aromatic heterocycles. The van der Waals surface area contributed by atoms with Crippen molar-refractivity contribution in [2.75, 3.05) is 14.1 Å². The van der Waals surface area contributed by atoms with E-state index in [0.717, 1.165) is 10.6 Å². The summed E-state index contributed by atoms with van der Waals surface area (Å²) in [5, 5.41) is 10.2. The van der Waals surface area contributed by atoms with Crippen molar-refractivity contribution in [3.8, 4) is 0 Å². The second-order valence-corrected chi connectivity index (χ2v) is 2.44. The Morgan fingerprint density at radius 3 is 2.33 bits per heavy atom. The van der Waals surface area contributed by atoms with E-state index in [9.17, 15) is 0 Å². The Morgan fingerprint density at radius 2 is 1.92 bits per heavy atom. The van der Waals surface area contributed by atoms with Crippen LogP contribution in [0.3, 0.4) is 0 Å². The van der Waals surface area contributed by atoms with Gasteiger partial charge in [-0.2, -0.15) is 0 Å². The van der Waals surface area contributed by atoms with Crippen LogP contribution in [-0.2, 0) is 0 Å². The first-order valence-corrected chi connectivity index (χ1v) is 3.70. The van der Waals surface area contributed by atoms with Crippen LogP contribution in [0.2, 0.25) is 0 Å². The van der Waals surface area contributed by atoms with Gasteiger partial charge in [0.2, 0.25) is 0 Å². The van der Waals surface area contributed by atoms with E-state index in [4.69, 9.17) is 5.21 Å². The van der Waals surface area contributed by atoms with Gasteiger partial charge in [-0.05, 0) is 0 Å². The summed E-state index contributed by atoms with van der Waals surface area (Å²) in [5.41, 5.74) is 0.907. The molecule has 0 fully saturated rings. The standard InChI is InChI=1S/C9H12N2O/c1-10-9(11(2)12)8-6-4-3-5-7-8/h3-7,12H,1-2H3/b10-9-. The maximum absolute atomic E-state index is 9.17. The maximum atomic E-state index is 9.17. The SMILES string of the molecule is C/N=C(/c1ccccc1)N(C)O. The van der Waals surface area contributed by atoms with Crippen LogP contribution < -0.4 is 0 Å². The van der Waals surface area contributed by atoms with E-state index >= 15 is 0 Å². The second-order valence-electron chi connectivity index (χ2n) is 2.44. The predicted molar refractivity (Wildman–Crippen MR) is 48.5 cm³/mol. The molecule has 0 unspecified atom stereocenters. The highest BCUT2D eigenvalue weighted by molar-refractivity contribution is 5.97. The van der Waals surface area contributed by atoms with Crippen molar-refractivity contribution in [3.05, 3.63) is 35.9 Å². The molecule has 0 aliphatic carbocycles. The van der Waals surface area contributed by atoms with Gasteiger partial charge < -0.3 is 0 Å². The zero-order chi connectivity index (χ0) is 8.97. The van der Waals surface area contributed by atoms with E-state index in [1.807, 2.05) is 30.3 Å². The van der Waals surface area contributed by atoms with Crippen LogP contribution in [0.15, 0.2) is 35.3 Å². The molecule has 0 saturated carbocycles. The number of amidine groups is 1. The number of nitrogens with zero attached hydrogens (tertiary/aromatic N) is 2. The molecule has 1 N–H and O–H groups in total. The predicted octanol–water partition coefficient (Wildman–Crippen LogP) is 1.38. The zero-order valence-electron chi connectivity index (χ0n) is 7.23. The lowest BCUT2D eigenvalue weighted by Gasteiger charge is -2.12. The molecule has 0 bridgehead atoms. The first-order valence-electron chi connectivity index (χ1n) is 3.70. The zero-order valence-corrected chi connectivity index (χ0v) is 7.23. The van der Waals surface area contributed by atoms with E-state index in [1.54, 1.807) is 14.1 Å². The highest BCUT2D eigenvalue weighted by Gasteiger charge is 2.03. The highest BCUT2D eigenvalue weighted by Crippen LogP contribution is 2.02. The number of hydrogen-bond acceptors (Lipinski definition) is 2. The summed E-state index contributed by atoms with van der Waals surface area (Å²) in [5.74, 6) is 0.565. The molecule has 0 amide bonds. The average Bonchev–Trinajstić information content (AvgIpc) is 2.07. The Kier molecular flexibility index (Phi) is 2.82. The molecule has 0 spiro atoms. The van der Waals surface area contributed by atoms with E-state index in [0.29, 0.717) is 5.84 Å². The highest BCUT2D eigenvalue weighted by atomic mass is 16.5. The Morgan fingerprint density at radius 1 is 1.33 bits per heavy atom. The molecule has 1 rings (SSSR count). The smallest absolute Gasteiger partial charge is 0.154 e. The lowest BCUT2D eigenvalue weighted by Crippen LogP contribution is -2.23. The van der Waals surface area contributed by atoms with Crippen molar-refractivity contribution < 1.29 is 5.21 Å². The van der Waals surface area contributed by atoms with Gasteiger partial charge in [-0.3, -0.25) is 10.2 Å². The van der Waals surface area contributed by atoms with Gasteiger partial charge in [0.05, 0.1) is 0 Å². The third-order valence-corrected chi connectivity index (χ3v) is 1.55. The fourth-order valence-electron chi connectivity index (χ4n) is 1.05. The summed E-state index contributed by atoms with van der Waals surface area (Å²) in [6.45, 7) is 0. The molecule has 3 heteroatoms. The topological polar surface area (TPSA) is 35.8 Å². The number of benzene rings is 1. The minimum Gasteiger partial charge on any atom is -0.287 e. The van der Waals surface area contributed by atoms with Gasteiger partial charge in [-0.15, -0.1) is 0 Å². The van der Waals surface area contributed by atoms with Gasteiger partial charge in [0.1, 0.15) is 0 Å². The average molecular weight is 164 g/mol. The first-order chi connectivity index (χ1) is 5.75. The Bertz CT molecular complexity index is 267. The molecule has 64 valence electrons. The Labute approximate surface area is 71.9 Å². The van der Waals surface area contributed by atoms with E-state index in [2.05, 4.69) is 4.99 Å². The summed E-state index contributed by atoms with van der Waals surface area (Å²) < 4.78 is 0. The number of hydroxylamine groups is 2. The van der Waals surface area contributed by atoms with Gasteiger partial charge in [0.15, 0.2) is 5.84 Å². The number of aliphatic imine (C=N–C) groups is 1. The van der Waals surface area contributed by atoms with Crippen LogP contribution in [-0.4, -0.2) is 30.2 Å². The summed E-state index contributed by atoms with van der Waals surface area (Å²) in [6, 6.07) is 9.53. The minimum atomic E-state index is 0.565. The number of hydrogen-bond donors (Lipinski definition) is 1.